The Morgan fingerprint density at radius 2 is 1.80 bits per heavy atom. The molecule has 3 rings (SSSR count). The fraction of sp³-hybridized carbons (Fsp3) is 0.200. The Morgan fingerprint density at radius 1 is 1.05 bits per heavy atom. The molecule has 0 atom stereocenters. The molecule has 1 aromatic carbocycles. The lowest BCUT2D eigenvalue weighted by atomic mass is 10.1. The van der Waals surface area contributed by atoms with Crippen molar-refractivity contribution in [3.05, 3.63) is 36.0 Å². The van der Waals surface area contributed by atoms with Crippen LogP contribution in [0.5, 0.6) is 11.5 Å². The third-order valence-electron chi connectivity index (χ3n) is 3.16. The third-order valence-corrected chi connectivity index (χ3v) is 3.16. The molecule has 0 aliphatic heterocycles. The zero-order chi connectivity index (χ0) is 14.1. The van der Waals surface area contributed by atoms with Gasteiger partial charge in [0.25, 0.3) is 0 Å². The first-order valence-electron chi connectivity index (χ1n) is 6.19. The van der Waals surface area contributed by atoms with Crippen LogP contribution in [0.25, 0.3) is 22.4 Å². The highest BCUT2D eigenvalue weighted by Gasteiger charge is 2.16. The third kappa shape index (κ3) is 1.87. The quantitative estimate of drug-likeness (QED) is 0.731. The topological polar surface area (TPSA) is 57.4 Å². The van der Waals surface area contributed by atoms with Crippen molar-refractivity contribution in [2.75, 3.05) is 14.2 Å². The number of hydrogen-bond acceptors (Lipinski definition) is 5. The number of nitrogens with zero attached hydrogens (tertiary/aromatic N) is 2. The summed E-state index contributed by atoms with van der Waals surface area (Å²) < 4.78 is 16.0. The van der Waals surface area contributed by atoms with E-state index in [0.29, 0.717) is 16.8 Å². The Bertz CT molecular complexity index is 765. The second-order valence-electron chi connectivity index (χ2n) is 4.36. The minimum absolute atomic E-state index is 0.559. The van der Waals surface area contributed by atoms with Crippen LogP contribution in [0.15, 0.2) is 34.9 Å². The molecule has 0 radical (unpaired) electrons. The highest BCUT2D eigenvalue weighted by atomic mass is 16.5. The smallest absolute Gasteiger partial charge is 0.227 e. The van der Waals surface area contributed by atoms with E-state index in [9.17, 15) is 0 Å². The molecule has 2 heterocycles. The van der Waals surface area contributed by atoms with E-state index in [0.717, 1.165) is 22.7 Å². The maximum atomic E-state index is 5.38. The van der Waals surface area contributed by atoms with Gasteiger partial charge in [-0.1, -0.05) is 17.3 Å². The molecular formula is C15H14N2O3. The Hall–Kier alpha value is -2.56. The van der Waals surface area contributed by atoms with Gasteiger partial charge in [-0.15, -0.1) is 0 Å². The predicted octanol–water partition coefficient (Wildman–Crippen LogP) is 3.22. The molecule has 102 valence electrons. The molecule has 2 aromatic heterocycles. The standard InChI is InChI=1S/C15H14N2O3/c1-9-14-15(20-17-9)13(19-3)8-11(16-14)10-6-4-5-7-12(10)18-2/h4-8H,1-3H3. The van der Waals surface area contributed by atoms with E-state index >= 15 is 0 Å². The number of benzene rings is 1. The summed E-state index contributed by atoms with van der Waals surface area (Å²) in [6.45, 7) is 1.85. The highest BCUT2D eigenvalue weighted by Crippen LogP contribution is 2.34. The van der Waals surface area contributed by atoms with E-state index in [1.165, 1.54) is 0 Å². The molecule has 20 heavy (non-hydrogen) atoms. The summed E-state index contributed by atoms with van der Waals surface area (Å²) in [4.78, 5) is 4.61. The van der Waals surface area contributed by atoms with Gasteiger partial charge in [0.1, 0.15) is 17.0 Å². The molecule has 0 amide bonds. The first-order chi connectivity index (χ1) is 9.74. The van der Waals surface area contributed by atoms with Crippen LogP contribution in [0, 0.1) is 6.92 Å². The Balaban J connectivity index is 2.28. The SMILES string of the molecule is COc1ccccc1-c1cc(OC)c2onc(C)c2n1. The number of fused-ring (bicyclic) bond motifs is 1. The molecular weight excluding hydrogens is 256 g/mol. The van der Waals surface area contributed by atoms with E-state index < -0.39 is 0 Å². The summed E-state index contributed by atoms with van der Waals surface area (Å²) in [7, 11) is 3.23. The summed E-state index contributed by atoms with van der Waals surface area (Å²) in [5.74, 6) is 1.37. The van der Waals surface area contributed by atoms with Gasteiger partial charge in [0.2, 0.25) is 5.58 Å². The van der Waals surface area contributed by atoms with Crippen molar-refractivity contribution in [2.45, 2.75) is 6.92 Å². The van der Waals surface area contributed by atoms with Crippen LogP contribution in [-0.4, -0.2) is 24.4 Å². The molecule has 0 bridgehead atoms. The molecule has 0 unspecified atom stereocenters. The average molecular weight is 270 g/mol. The van der Waals surface area contributed by atoms with Gasteiger partial charge < -0.3 is 14.0 Å². The Morgan fingerprint density at radius 3 is 2.55 bits per heavy atom. The van der Waals surface area contributed by atoms with Gasteiger partial charge in [-0.3, -0.25) is 0 Å². The number of pyridine rings is 1. The first kappa shape index (κ1) is 12.5. The van der Waals surface area contributed by atoms with Crippen LogP contribution < -0.4 is 9.47 Å². The predicted molar refractivity (Wildman–Crippen MR) is 75.1 cm³/mol. The van der Waals surface area contributed by atoms with E-state index in [4.69, 9.17) is 14.0 Å². The molecule has 5 heteroatoms. The molecule has 5 nitrogen and oxygen atoms in total. The maximum Gasteiger partial charge on any atom is 0.227 e. The number of ether oxygens (including phenoxy) is 2. The average Bonchev–Trinajstić information content (AvgIpc) is 2.88. The van der Waals surface area contributed by atoms with E-state index in [1.54, 1.807) is 14.2 Å². The Labute approximate surface area is 116 Å². The van der Waals surface area contributed by atoms with Gasteiger partial charge in [-0.25, -0.2) is 4.98 Å². The second kappa shape index (κ2) is 4.85. The van der Waals surface area contributed by atoms with Crippen LogP contribution in [0.2, 0.25) is 0 Å². The van der Waals surface area contributed by atoms with Crippen molar-refractivity contribution in [1.82, 2.24) is 10.1 Å². The fourth-order valence-corrected chi connectivity index (χ4v) is 2.15. The van der Waals surface area contributed by atoms with E-state index in [2.05, 4.69) is 10.1 Å². The number of methoxy groups -OCH3 is 2. The molecule has 0 aliphatic rings. The molecule has 0 saturated heterocycles. The van der Waals surface area contributed by atoms with Crippen molar-refractivity contribution in [1.29, 1.82) is 0 Å². The summed E-state index contributed by atoms with van der Waals surface area (Å²) in [6.07, 6.45) is 0. The zero-order valence-corrected chi connectivity index (χ0v) is 11.5. The number of aromatic nitrogens is 2. The van der Waals surface area contributed by atoms with Gasteiger partial charge in [-0.05, 0) is 19.1 Å². The summed E-state index contributed by atoms with van der Waals surface area (Å²) >= 11 is 0. The van der Waals surface area contributed by atoms with Crippen LogP contribution >= 0.6 is 0 Å². The molecule has 0 N–H and O–H groups in total. The van der Waals surface area contributed by atoms with Crippen LogP contribution in [0.1, 0.15) is 5.69 Å². The van der Waals surface area contributed by atoms with Gasteiger partial charge in [-0.2, -0.15) is 0 Å². The number of para-hydroxylation sites is 1. The van der Waals surface area contributed by atoms with Crippen molar-refractivity contribution in [3.8, 4) is 22.8 Å². The zero-order valence-electron chi connectivity index (χ0n) is 11.5. The lowest BCUT2D eigenvalue weighted by molar-refractivity contribution is 0.391. The molecule has 0 fully saturated rings. The number of rotatable bonds is 3. The lowest BCUT2D eigenvalue weighted by Crippen LogP contribution is -1.92. The van der Waals surface area contributed by atoms with Crippen molar-refractivity contribution in [3.63, 3.8) is 0 Å². The lowest BCUT2D eigenvalue weighted by Gasteiger charge is -2.09. The Kier molecular flexibility index (Phi) is 3.02. The summed E-state index contributed by atoms with van der Waals surface area (Å²) in [5, 5.41) is 3.93. The fourth-order valence-electron chi connectivity index (χ4n) is 2.15. The molecule has 3 aromatic rings. The maximum absolute atomic E-state index is 5.38. The molecule has 0 spiro atoms. The monoisotopic (exact) mass is 270 g/mol. The minimum Gasteiger partial charge on any atom is -0.496 e. The van der Waals surface area contributed by atoms with Gasteiger partial charge >= 0.3 is 0 Å². The molecule has 0 saturated carbocycles. The first-order valence-corrected chi connectivity index (χ1v) is 6.19. The van der Waals surface area contributed by atoms with E-state index in [-0.39, 0.29) is 0 Å². The molecule has 0 aliphatic carbocycles. The van der Waals surface area contributed by atoms with Gasteiger partial charge in [0, 0.05) is 11.6 Å². The normalized spacial score (nSPS) is 10.8. The summed E-state index contributed by atoms with van der Waals surface area (Å²) in [5.41, 5.74) is 3.65. The van der Waals surface area contributed by atoms with Crippen molar-refractivity contribution >= 4 is 11.1 Å². The largest absolute Gasteiger partial charge is 0.496 e. The number of aryl methyl sites for hydroxylation is 1. The van der Waals surface area contributed by atoms with Crippen LogP contribution in [0.3, 0.4) is 0 Å². The van der Waals surface area contributed by atoms with Gasteiger partial charge in [0.15, 0.2) is 5.75 Å². The number of hydrogen-bond donors (Lipinski definition) is 0. The minimum atomic E-state index is 0.559. The highest BCUT2D eigenvalue weighted by molar-refractivity contribution is 5.85. The second-order valence-corrected chi connectivity index (χ2v) is 4.36. The van der Waals surface area contributed by atoms with Gasteiger partial charge in [0.05, 0.1) is 19.9 Å². The van der Waals surface area contributed by atoms with Crippen molar-refractivity contribution < 1.29 is 14.0 Å². The van der Waals surface area contributed by atoms with E-state index in [1.807, 2.05) is 37.3 Å². The summed E-state index contributed by atoms with van der Waals surface area (Å²) in [6, 6.07) is 9.54. The van der Waals surface area contributed by atoms with Crippen LogP contribution in [0.4, 0.5) is 0 Å². The van der Waals surface area contributed by atoms with Crippen LogP contribution in [-0.2, 0) is 0 Å². The van der Waals surface area contributed by atoms with Crippen molar-refractivity contribution in [2.24, 2.45) is 0 Å².